The van der Waals surface area contributed by atoms with E-state index in [-0.39, 0.29) is 0 Å². The highest BCUT2D eigenvalue weighted by atomic mass is 15.3. The second-order valence-corrected chi connectivity index (χ2v) is 4.86. The van der Waals surface area contributed by atoms with E-state index >= 15 is 0 Å². The van der Waals surface area contributed by atoms with E-state index in [9.17, 15) is 0 Å². The number of aromatic nitrogens is 4. The number of hydrogen-bond donors (Lipinski definition) is 0. The summed E-state index contributed by atoms with van der Waals surface area (Å²) < 4.78 is 3.77. The molecule has 92 valence electrons. The van der Waals surface area contributed by atoms with Crippen LogP contribution >= 0.6 is 0 Å². The highest BCUT2D eigenvalue weighted by Crippen LogP contribution is 2.35. The molecule has 4 rings (SSSR count). The molecular weight excluding hydrogens is 238 g/mol. The molecule has 3 aromatic rings. The highest BCUT2D eigenvalue weighted by molar-refractivity contribution is 5.67. The molecule has 1 saturated carbocycles. The molecular formula is C14H11N5. The molecule has 0 N–H and O–H groups in total. The molecule has 0 bridgehead atoms. The van der Waals surface area contributed by atoms with Crippen LogP contribution < -0.4 is 0 Å². The quantitative estimate of drug-likeness (QED) is 0.700. The van der Waals surface area contributed by atoms with E-state index in [1.165, 1.54) is 12.8 Å². The standard InChI is InChI=1S/C14H11N5/c15-5-11-6-17-19-8-10(1-4-14(11)19)12-7-16-18(9-12)13-2-3-13/h1,4,6-9,13H,2-3H2. The first-order chi connectivity index (χ1) is 9.35. The minimum atomic E-state index is 0.590. The Kier molecular flexibility index (Phi) is 2.00. The Balaban J connectivity index is 1.79. The molecule has 1 fully saturated rings. The Morgan fingerprint density at radius 1 is 1.11 bits per heavy atom. The van der Waals surface area contributed by atoms with Gasteiger partial charge in [0.1, 0.15) is 6.07 Å². The molecule has 1 aliphatic carbocycles. The zero-order valence-corrected chi connectivity index (χ0v) is 10.2. The average Bonchev–Trinajstić information content (AvgIpc) is 3.04. The van der Waals surface area contributed by atoms with Crippen molar-refractivity contribution in [2.24, 2.45) is 0 Å². The molecule has 0 saturated heterocycles. The molecule has 0 radical (unpaired) electrons. The zero-order valence-electron chi connectivity index (χ0n) is 10.2. The fourth-order valence-electron chi connectivity index (χ4n) is 2.27. The number of nitrogens with zero attached hydrogens (tertiary/aromatic N) is 5. The molecule has 19 heavy (non-hydrogen) atoms. The van der Waals surface area contributed by atoms with Crippen LogP contribution in [0.15, 0.2) is 36.9 Å². The van der Waals surface area contributed by atoms with Gasteiger partial charge in [-0.25, -0.2) is 4.52 Å². The van der Waals surface area contributed by atoms with E-state index in [1.807, 2.05) is 29.2 Å². The SMILES string of the molecule is N#Cc1cnn2cc(-c3cnn(C4CC4)c3)ccc12. The fourth-order valence-corrected chi connectivity index (χ4v) is 2.27. The summed E-state index contributed by atoms with van der Waals surface area (Å²) in [6.45, 7) is 0. The monoisotopic (exact) mass is 249 g/mol. The Morgan fingerprint density at radius 3 is 2.79 bits per heavy atom. The predicted octanol–water partition coefficient (Wildman–Crippen LogP) is 2.40. The average molecular weight is 249 g/mol. The van der Waals surface area contributed by atoms with Crippen LogP contribution in [0.25, 0.3) is 16.6 Å². The van der Waals surface area contributed by atoms with E-state index in [1.54, 1.807) is 10.7 Å². The third-order valence-electron chi connectivity index (χ3n) is 3.49. The Hall–Kier alpha value is -2.61. The molecule has 1 aliphatic rings. The van der Waals surface area contributed by atoms with Crippen LogP contribution in [0.5, 0.6) is 0 Å². The van der Waals surface area contributed by atoms with Crippen molar-refractivity contribution in [2.45, 2.75) is 18.9 Å². The first-order valence-electron chi connectivity index (χ1n) is 6.27. The van der Waals surface area contributed by atoms with Crippen LogP contribution in [0.3, 0.4) is 0 Å². The van der Waals surface area contributed by atoms with Gasteiger partial charge in [-0.3, -0.25) is 4.68 Å². The van der Waals surface area contributed by atoms with Crippen molar-refractivity contribution < 1.29 is 0 Å². The minimum Gasteiger partial charge on any atom is -0.269 e. The number of hydrogen-bond acceptors (Lipinski definition) is 3. The van der Waals surface area contributed by atoms with Gasteiger partial charge in [-0.2, -0.15) is 15.5 Å². The van der Waals surface area contributed by atoms with Crippen molar-refractivity contribution in [3.05, 3.63) is 42.5 Å². The second-order valence-electron chi connectivity index (χ2n) is 4.86. The Bertz CT molecular complexity index is 801. The van der Waals surface area contributed by atoms with Gasteiger partial charge in [0.05, 0.1) is 29.5 Å². The Labute approximate surface area is 109 Å². The summed E-state index contributed by atoms with van der Waals surface area (Å²) >= 11 is 0. The largest absolute Gasteiger partial charge is 0.269 e. The number of pyridine rings is 1. The molecule has 0 spiro atoms. The summed E-state index contributed by atoms with van der Waals surface area (Å²) in [5.74, 6) is 0. The van der Waals surface area contributed by atoms with Gasteiger partial charge in [-0.15, -0.1) is 0 Å². The van der Waals surface area contributed by atoms with Crippen molar-refractivity contribution in [2.75, 3.05) is 0 Å². The van der Waals surface area contributed by atoms with Gasteiger partial charge in [-0.1, -0.05) is 6.07 Å². The molecule has 5 nitrogen and oxygen atoms in total. The van der Waals surface area contributed by atoms with Crippen LogP contribution in [-0.4, -0.2) is 19.4 Å². The van der Waals surface area contributed by atoms with Crippen molar-refractivity contribution in [3.63, 3.8) is 0 Å². The van der Waals surface area contributed by atoms with Gasteiger partial charge >= 0.3 is 0 Å². The maximum Gasteiger partial charge on any atom is 0.103 e. The van der Waals surface area contributed by atoms with Gasteiger partial charge in [0, 0.05) is 23.5 Å². The van der Waals surface area contributed by atoms with Gasteiger partial charge < -0.3 is 0 Å². The number of fused-ring (bicyclic) bond motifs is 1. The molecule has 3 aromatic heterocycles. The smallest absolute Gasteiger partial charge is 0.103 e. The zero-order chi connectivity index (χ0) is 12.8. The third-order valence-corrected chi connectivity index (χ3v) is 3.49. The van der Waals surface area contributed by atoms with Crippen LogP contribution in [0, 0.1) is 11.3 Å². The summed E-state index contributed by atoms with van der Waals surface area (Å²) in [7, 11) is 0. The topological polar surface area (TPSA) is 58.9 Å². The molecule has 0 atom stereocenters. The summed E-state index contributed by atoms with van der Waals surface area (Å²) in [4.78, 5) is 0. The minimum absolute atomic E-state index is 0.590. The van der Waals surface area contributed by atoms with Crippen LogP contribution in [-0.2, 0) is 0 Å². The maximum atomic E-state index is 8.97. The van der Waals surface area contributed by atoms with E-state index < -0.39 is 0 Å². The molecule has 0 amide bonds. The van der Waals surface area contributed by atoms with Gasteiger partial charge in [-0.05, 0) is 18.9 Å². The lowest BCUT2D eigenvalue weighted by atomic mass is 10.1. The van der Waals surface area contributed by atoms with Crippen molar-refractivity contribution in [1.29, 1.82) is 5.26 Å². The van der Waals surface area contributed by atoms with Crippen molar-refractivity contribution in [1.82, 2.24) is 19.4 Å². The van der Waals surface area contributed by atoms with Crippen LogP contribution in [0.2, 0.25) is 0 Å². The van der Waals surface area contributed by atoms with E-state index in [4.69, 9.17) is 5.26 Å². The van der Waals surface area contributed by atoms with Gasteiger partial charge in [0.2, 0.25) is 0 Å². The molecule has 0 aromatic carbocycles. The molecule has 0 unspecified atom stereocenters. The Morgan fingerprint density at radius 2 is 2.00 bits per heavy atom. The van der Waals surface area contributed by atoms with Gasteiger partial charge in [0.25, 0.3) is 0 Å². The maximum absolute atomic E-state index is 8.97. The lowest BCUT2D eigenvalue weighted by molar-refractivity contribution is 0.642. The van der Waals surface area contributed by atoms with Crippen LogP contribution in [0.4, 0.5) is 0 Å². The first kappa shape index (κ1) is 10.3. The normalized spacial score (nSPS) is 14.7. The summed E-state index contributed by atoms with van der Waals surface area (Å²) in [6.07, 6.45) is 9.94. The number of rotatable bonds is 2. The molecule has 5 heteroatoms. The lowest BCUT2D eigenvalue weighted by Gasteiger charge is -1.99. The van der Waals surface area contributed by atoms with Gasteiger partial charge in [0.15, 0.2) is 0 Å². The molecule has 0 aliphatic heterocycles. The van der Waals surface area contributed by atoms with E-state index in [0.717, 1.165) is 16.6 Å². The van der Waals surface area contributed by atoms with Crippen molar-refractivity contribution >= 4 is 5.52 Å². The van der Waals surface area contributed by atoms with Crippen LogP contribution in [0.1, 0.15) is 24.4 Å². The second kappa shape index (κ2) is 3.69. The number of nitriles is 1. The summed E-state index contributed by atoms with van der Waals surface area (Å²) in [6, 6.07) is 6.66. The fraction of sp³-hybridized carbons (Fsp3) is 0.214. The first-order valence-corrected chi connectivity index (χ1v) is 6.27. The highest BCUT2D eigenvalue weighted by Gasteiger charge is 2.24. The van der Waals surface area contributed by atoms with E-state index in [0.29, 0.717) is 11.6 Å². The molecule has 3 heterocycles. The lowest BCUT2D eigenvalue weighted by Crippen LogP contribution is -1.92. The van der Waals surface area contributed by atoms with Crippen molar-refractivity contribution in [3.8, 4) is 17.2 Å². The summed E-state index contributed by atoms with van der Waals surface area (Å²) in [5, 5.41) is 17.6. The third kappa shape index (κ3) is 1.61. The van der Waals surface area contributed by atoms with E-state index in [2.05, 4.69) is 22.5 Å². The summed E-state index contributed by atoms with van der Waals surface area (Å²) in [5.41, 5.74) is 3.58. The predicted molar refractivity (Wildman–Crippen MR) is 69.4 cm³/mol.